The van der Waals surface area contributed by atoms with Gasteiger partial charge in [0, 0.05) is 31.1 Å². The summed E-state index contributed by atoms with van der Waals surface area (Å²) < 4.78 is 5.08. The van der Waals surface area contributed by atoms with E-state index in [0.717, 1.165) is 18.6 Å². The summed E-state index contributed by atoms with van der Waals surface area (Å²) in [5.74, 6) is 0.696. The number of piperidine rings is 1. The van der Waals surface area contributed by atoms with Crippen molar-refractivity contribution in [3.05, 3.63) is 0 Å². The molecule has 124 valence electrons. The number of likely N-dealkylation sites (tertiary alicyclic amines) is 1. The highest BCUT2D eigenvalue weighted by atomic mass is 32.2. The minimum atomic E-state index is -0.518. The molecule has 2 N–H and O–H groups in total. The lowest BCUT2D eigenvalue weighted by Gasteiger charge is -2.38. The van der Waals surface area contributed by atoms with Crippen LogP contribution in [0.25, 0.3) is 0 Å². The topological polar surface area (TPSA) is 92.9 Å². The fourth-order valence-electron chi connectivity index (χ4n) is 2.91. The van der Waals surface area contributed by atoms with Crippen LogP contribution in [0.3, 0.4) is 0 Å². The molecule has 2 rings (SSSR count). The van der Waals surface area contributed by atoms with Gasteiger partial charge in [0.05, 0.1) is 12.5 Å². The summed E-state index contributed by atoms with van der Waals surface area (Å²) in [7, 11) is 0. The first-order chi connectivity index (χ1) is 10.5. The zero-order chi connectivity index (χ0) is 16.1. The molecule has 2 fully saturated rings. The average molecular weight is 329 g/mol. The molecule has 0 aromatic carbocycles. The van der Waals surface area contributed by atoms with Gasteiger partial charge in [0.25, 0.3) is 0 Å². The van der Waals surface area contributed by atoms with Gasteiger partial charge in [0.2, 0.25) is 5.91 Å². The van der Waals surface area contributed by atoms with Crippen LogP contribution in [0, 0.1) is 5.92 Å². The highest BCUT2D eigenvalue weighted by molar-refractivity contribution is 7.99. The van der Waals surface area contributed by atoms with E-state index in [1.807, 2.05) is 0 Å². The van der Waals surface area contributed by atoms with E-state index in [0.29, 0.717) is 32.0 Å². The van der Waals surface area contributed by atoms with Gasteiger partial charge in [-0.15, -0.1) is 0 Å². The van der Waals surface area contributed by atoms with E-state index < -0.39 is 12.1 Å². The third kappa shape index (κ3) is 3.85. The molecule has 2 heterocycles. The van der Waals surface area contributed by atoms with Crippen LogP contribution in [0.1, 0.15) is 19.8 Å². The maximum Gasteiger partial charge on any atom is 0.329 e. The Morgan fingerprint density at radius 3 is 2.77 bits per heavy atom. The monoisotopic (exact) mass is 329 g/mol. The van der Waals surface area contributed by atoms with Gasteiger partial charge in [-0.2, -0.15) is 11.8 Å². The lowest BCUT2D eigenvalue weighted by molar-refractivity contribution is -0.155. The molecule has 0 spiro atoms. The Labute approximate surface area is 134 Å². The van der Waals surface area contributed by atoms with Crippen molar-refractivity contribution in [3.63, 3.8) is 0 Å². The largest absolute Gasteiger partial charge is 0.464 e. The number of primary amides is 1. The number of nitrogens with zero attached hydrogens (tertiary/aromatic N) is 2. The summed E-state index contributed by atoms with van der Waals surface area (Å²) in [4.78, 5) is 39.3. The van der Waals surface area contributed by atoms with Crippen molar-refractivity contribution in [1.82, 2.24) is 9.80 Å². The summed E-state index contributed by atoms with van der Waals surface area (Å²) in [5, 5.41) is 0. The lowest BCUT2D eigenvalue weighted by Crippen LogP contribution is -2.55. The Morgan fingerprint density at radius 1 is 1.32 bits per heavy atom. The molecule has 2 saturated heterocycles. The van der Waals surface area contributed by atoms with Crippen molar-refractivity contribution in [2.45, 2.75) is 25.8 Å². The van der Waals surface area contributed by atoms with Crippen molar-refractivity contribution in [1.29, 1.82) is 0 Å². The van der Waals surface area contributed by atoms with Crippen LogP contribution in [0.2, 0.25) is 0 Å². The Kier molecular flexibility index (Phi) is 5.93. The molecule has 22 heavy (non-hydrogen) atoms. The second-order valence-electron chi connectivity index (χ2n) is 5.50. The van der Waals surface area contributed by atoms with Crippen LogP contribution in [-0.2, 0) is 14.3 Å². The zero-order valence-corrected chi connectivity index (χ0v) is 13.6. The van der Waals surface area contributed by atoms with Crippen molar-refractivity contribution in [2.75, 3.05) is 37.7 Å². The molecule has 0 bridgehead atoms. The molecule has 0 radical (unpaired) electrons. The van der Waals surface area contributed by atoms with Crippen molar-refractivity contribution in [2.24, 2.45) is 11.7 Å². The van der Waals surface area contributed by atoms with Crippen molar-refractivity contribution < 1.29 is 19.1 Å². The number of ether oxygens (including phenoxy) is 1. The number of rotatable bonds is 3. The number of hydrogen-bond donors (Lipinski definition) is 1. The lowest BCUT2D eigenvalue weighted by atomic mass is 9.96. The Morgan fingerprint density at radius 2 is 2.09 bits per heavy atom. The molecule has 8 heteroatoms. The number of amides is 3. The first-order valence-electron chi connectivity index (χ1n) is 7.63. The predicted octanol–water partition coefficient (Wildman–Crippen LogP) is 0.284. The maximum absolute atomic E-state index is 12.8. The number of urea groups is 1. The van der Waals surface area contributed by atoms with Gasteiger partial charge in [-0.05, 0) is 19.8 Å². The van der Waals surface area contributed by atoms with Crippen LogP contribution in [0.5, 0.6) is 0 Å². The second-order valence-corrected chi connectivity index (χ2v) is 6.65. The first kappa shape index (κ1) is 16.9. The number of hydrogen-bond acceptors (Lipinski definition) is 5. The minimum absolute atomic E-state index is 0.0655. The Bertz CT molecular complexity index is 446. The summed E-state index contributed by atoms with van der Waals surface area (Å²) >= 11 is 1.65. The molecule has 0 aromatic heterocycles. The smallest absolute Gasteiger partial charge is 0.329 e. The fourth-order valence-corrected chi connectivity index (χ4v) is 3.95. The summed E-state index contributed by atoms with van der Waals surface area (Å²) in [6, 6.07) is -1.01. The van der Waals surface area contributed by atoms with E-state index in [9.17, 15) is 14.4 Å². The molecular weight excluding hydrogens is 306 g/mol. The van der Waals surface area contributed by atoms with Crippen LogP contribution >= 0.6 is 11.8 Å². The Hall–Kier alpha value is -1.44. The fraction of sp³-hybridized carbons (Fsp3) is 0.786. The molecule has 2 aliphatic heterocycles. The van der Waals surface area contributed by atoms with E-state index in [4.69, 9.17) is 10.5 Å². The van der Waals surface area contributed by atoms with Crippen LogP contribution < -0.4 is 5.73 Å². The highest BCUT2D eigenvalue weighted by Crippen LogP contribution is 2.24. The Balaban J connectivity index is 2.05. The van der Waals surface area contributed by atoms with Gasteiger partial charge >= 0.3 is 12.0 Å². The number of esters is 1. The van der Waals surface area contributed by atoms with Crippen LogP contribution in [0.4, 0.5) is 4.79 Å². The van der Waals surface area contributed by atoms with E-state index in [2.05, 4.69) is 0 Å². The van der Waals surface area contributed by atoms with E-state index in [1.165, 1.54) is 4.90 Å². The van der Waals surface area contributed by atoms with Crippen LogP contribution in [-0.4, -0.2) is 71.5 Å². The standard InChI is InChI=1S/C14H23N3O4S/c1-2-21-13(19)11-9-22-7-6-17(11)12(18)10-4-3-5-16(8-10)14(15)20/h10-11H,2-9H2,1H3,(H2,15,20)/t10-,11-/m0/s1. The third-order valence-corrected chi connectivity index (χ3v) is 5.08. The maximum atomic E-state index is 12.8. The number of nitrogens with two attached hydrogens (primary N) is 1. The molecule has 0 aromatic rings. The SMILES string of the molecule is CCOC(=O)[C@@H]1CSCCN1C(=O)[C@H]1CCCN(C(N)=O)C1. The second kappa shape index (κ2) is 7.71. The average Bonchev–Trinajstić information content (AvgIpc) is 2.54. The van der Waals surface area contributed by atoms with Gasteiger partial charge in [-0.25, -0.2) is 9.59 Å². The molecule has 2 aliphatic rings. The zero-order valence-electron chi connectivity index (χ0n) is 12.8. The van der Waals surface area contributed by atoms with Gasteiger partial charge in [-0.1, -0.05) is 0 Å². The van der Waals surface area contributed by atoms with Crippen molar-refractivity contribution in [3.8, 4) is 0 Å². The quantitative estimate of drug-likeness (QED) is 0.751. The highest BCUT2D eigenvalue weighted by Gasteiger charge is 2.38. The molecule has 0 aliphatic carbocycles. The van der Waals surface area contributed by atoms with Gasteiger partial charge < -0.3 is 20.3 Å². The molecule has 2 atom stereocenters. The third-order valence-electron chi connectivity index (χ3n) is 4.05. The molecule has 0 saturated carbocycles. The molecule has 0 unspecified atom stereocenters. The molecule has 3 amide bonds. The van der Waals surface area contributed by atoms with E-state index in [-0.39, 0.29) is 17.8 Å². The summed E-state index contributed by atoms with van der Waals surface area (Å²) in [6.07, 6.45) is 1.48. The summed E-state index contributed by atoms with van der Waals surface area (Å²) in [5.41, 5.74) is 5.31. The van der Waals surface area contributed by atoms with Gasteiger partial charge in [0.15, 0.2) is 0 Å². The van der Waals surface area contributed by atoms with E-state index in [1.54, 1.807) is 23.6 Å². The molecular formula is C14H23N3O4S. The summed E-state index contributed by atoms with van der Waals surface area (Å²) in [6.45, 7) is 3.54. The number of carbonyl (C=O) groups excluding carboxylic acids is 3. The molecule has 7 nitrogen and oxygen atoms in total. The van der Waals surface area contributed by atoms with Crippen molar-refractivity contribution >= 4 is 29.7 Å². The number of thioether (sulfide) groups is 1. The van der Waals surface area contributed by atoms with Crippen LogP contribution in [0.15, 0.2) is 0 Å². The minimum Gasteiger partial charge on any atom is -0.464 e. The predicted molar refractivity (Wildman–Crippen MR) is 83.3 cm³/mol. The normalized spacial score (nSPS) is 25.7. The van der Waals surface area contributed by atoms with Gasteiger partial charge in [-0.3, -0.25) is 4.79 Å². The van der Waals surface area contributed by atoms with Gasteiger partial charge in [0.1, 0.15) is 6.04 Å². The van der Waals surface area contributed by atoms with E-state index >= 15 is 0 Å². The first-order valence-corrected chi connectivity index (χ1v) is 8.79. The number of carbonyl (C=O) groups is 3.